The van der Waals surface area contributed by atoms with E-state index in [9.17, 15) is 4.79 Å². The van der Waals surface area contributed by atoms with Gasteiger partial charge in [-0.1, -0.05) is 0 Å². The summed E-state index contributed by atoms with van der Waals surface area (Å²) in [4.78, 5) is 11.9. The molecule has 0 amide bonds. The molecule has 1 heterocycles. The van der Waals surface area contributed by atoms with Crippen LogP contribution in [0.25, 0.3) is 0 Å². The van der Waals surface area contributed by atoms with Crippen LogP contribution in [0.2, 0.25) is 0 Å². The molecule has 0 aliphatic rings. The second-order valence-corrected chi connectivity index (χ2v) is 4.70. The average Bonchev–Trinajstić information content (AvgIpc) is 2.66. The third-order valence-electron chi connectivity index (χ3n) is 2.72. The number of methoxy groups -OCH3 is 1. The predicted octanol–water partition coefficient (Wildman–Crippen LogP) is 2.00. The van der Waals surface area contributed by atoms with Crippen LogP contribution in [0.3, 0.4) is 0 Å². The Balaban J connectivity index is 2.70. The number of ether oxygens (including phenoxy) is 1. The maximum atomic E-state index is 11.9. The monoisotopic (exact) mass is 224 g/mol. The molecule has 90 valence electrons. The number of nitrogens with zero attached hydrogens (tertiary/aromatic N) is 2. The highest BCUT2D eigenvalue weighted by Crippen LogP contribution is 2.13. The minimum absolute atomic E-state index is 0.0454. The molecule has 0 aromatic carbocycles. The molecule has 0 bridgehead atoms. The van der Waals surface area contributed by atoms with E-state index in [1.165, 1.54) is 0 Å². The Bertz CT molecular complexity index is 367. The van der Waals surface area contributed by atoms with E-state index >= 15 is 0 Å². The molecule has 0 saturated carbocycles. The van der Waals surface area contributed by atoms with Crippen molar-refractivity contribution >= 4 is 5.78 Å². The molecule has 1 aromatic rings. The van der Waals surface area contributed by atoms with Gasteiger partial charge in [-0.3, -0.25) is 9.48 Å². The Kier molecular flexibility index (Phi) is 3.86. The fourth-order valence-corrected chi connectivity index (χ4v) is 1.25. The van der Waals surface area contributed by atoms with Crippen LogP contribution in [0.4, 0.5) is 0 Å². The average molecular weight is 224 g/mol. The zero-order valence-electron chi connectivity index (χ0n) is 10.7. The minimum atomic E-state index is -0.735. The number of rotatable bonds is 5. The standard InChI is InChI=1S/C12H20N2O2/c1-9(2)14-7-6-10(13-14)8-11(15)12(3,4)16-5/h6-7,9H,8H2,1-5H3. The fraction of sp³-hybridized carbons (Fsp3) is 0.667. The maximum absolute atomic E-state index is 11.9. The molecule has 0 atom stereocenters. The molecule has 4 nitrogen and oxygen atoms in total. The Morgan fingerprint density at radius 3 is 2.62 bits per heavy atom. The number of carbonyl (C=O) groups excluding carboxylic acids is 1. The Hall–Kier alpha value is -1.16. The molecule has 0 fully saturated rings. The van der Waals surface area contributed by atoms with Crippen molar-refractivity contribution in [2.45, 2.75) is 45.8 Å². The highest BCUT2D eigenvalue weighted by atomic mass is 16.5. The normalized spacial score (nSPS) is 12.1. The van der Waals surface area contributed by atoms with Crippen LogP contribution in [0, 0.1) is 0 Å². The van der Waals surface area contributed by atoms with E-state index in [4.69, 9.17) is 4.74 Å². The first-order valence-corrected chi connectivity index (χ1v) is 5.49. The van der Waals surface area contributed by atoms with E-state index in [2.05, 4.69) is 18.9 Å². The topological polar surface area (TPSA) is 44.1 Å². The van der Waals surface area contributed by atoms with Gasteiger partial charge in [-0.05, 0) is 33.8 Å². The summed E-state index contributed by atoms with van der Waals surface area (Å²) >= 11 is 0. The number of hydrogen-bond acceptors (Lipinski definition) is 3. The van der Waals surface area contributed by atoms with Crippen molar-refractivity contribution < 1.29 is 9.53 Å². The van der Waals surface area contributed by atoms with Gasteiger partial charge in [-0.25, -0.2) is 0 Å². The molecule has 1 aromatic heterocycles. The van der Waals surface area contributed by atoms with E-state index in [-0.39, 0.29) is 5.78 Å². The van der Waals surface area contributed by atoms with Gasteiger partial charge < -0.3 is 4.74 Å². The molecule has 16 heavy (non-hydrogen) atoms. The zero-order chi connectivity index (χ0) is 12.3. The second kappa shape index (κ2) is 4.78. The third-order valence-corrected chi connectivity index (χ3v) is 2.72. The number of carbonyl (C=O) groups is 1. The quantitative estimate of drug-likeness (QED) is 0.768. The Morgan fingerprint density at radius 1 is 1.56 bits per heavy atom. The van der Waals surface area contributed by atoms with Crippen LogP contribution >= 0.6 is 0 Å². The highest BCUT2D eigenvalue weighted by Gasteiger charge is 2.27. The number of Topliss-reactive ketones (excluding diaryl/α,β-unsaturated/α-hetero) is 1. The van der Waals surface area contributed by atoms with E-state index in [0.717, 1.165) is 5.69 Å². The van der Waals surface area contributed by atoms with Gasteiger partial charge in [0.05, 0.1) is 12.1 Å². The third kappa shape index (κ3) is 2.92. The van der Waals surface area contributed by atoms with Crippen LogP contribution in [-0.2, 0) is 16.0 Å². The molecule has 1 rings (SSSR count). The Labute approximate surface area is 96.6 Å². The summed E-state index contributed by atoms with van der Waals surface area (Å²) in [7, 11) is 1.55. The number of aromatic nitrogens is 2. The van der Waals surface area contributed by atoms with Crippen molar-refractivity contribution in [1.29, 1.82) is 0 Å². The van der Waals surface area contributed by atoms with Gasteiger partial charge in [0.2, 0.25) is 0 Å². The summed E-state index contributed by atoms with van der Waals surface area (Å²) in [5.41, 5.74) is 0.0607. The first-order valence-electron chi connectivity index (χ1n) is 5.49. The van der Waals surface area contributed by atoms with Crippen LogP contribution in [-0.4, -0.2) is 28.3 Å². The van der Waals surface area contributed by atoms with E-state index in [1.807, 2.05) is 16.9 Å². The summed E-state index contributed by atoms with van der Waals surface area (Å²) in [6, 6.07) is 2.20. The van der Waals surface area contributed by atoms with Gasteiger partial charge in [-0.2, -0.15) is 5.10 Å². The summed E-state index contributed by atoms with van der Waals surface area (Å²) < 4.78 is 6.99. The summed E-state index contributed by atoms with van der Waals surface area (Å²) in [5, 5.41) is 4.34. The van der Waals surface area contributed by atoms with Crippen LogP contribution in [0.1, 0.15) is 39.4 Å². The largest absolute Gasteiger partial charge is 0.371 e. The van der Waals surface area contributed by atoms with Crippen molar-refractivity contribution in [3.63, 3.8) is 0 Å². The molecule has 0 N–H and O–H groups in total. The lowest BCUT2D eigenvalue weighted by Crippen LogP contribution is -2.35. The number of hydrogen-bond donors (Lipinski definition) is 0. The molecule has 4 heteroatoms. The number of ketones is 1. The lowest BCUT2D eigenvalue weighted by molar-refractivity contribution is -0.136. The maximum Gasteiger partial charge on any atom is 0.170 e. The van der Waals surface area contributed by atoms with Gasteiger partial charge in [-0.15, -0.1) is 0 Å². The van der Waals surface area contributed by atoms with E-state index < -0.39 is 5.60 Å². The minimum Gasteiger partial charge on any atom is -0.371 e. The van der Waals surface area contributed by atoms with Gasteiger partial charge in [0.25, 0.3) is 0 Å². The van der Waals surface area contributed by atoms with E-state index in [0.29, 0.717) is 12.5 Å². The van der Waals surface area contributed by atoms with Crippen LogP contribution in [0.15, 0.2) is 12.3 Å². The first kappa shape index (κ1) is 12.9. The molecular weight excluding hydrogens is 204 g/mol. The van der Waals surface area contributed by atoms with Gasteiger partial charge >= 0.3 is 0 Å². The van der Waals surface area contributed by atoms with Crippen molar-refractivity contribution in [3.05, 3.63) is 18.0 Å². The summed E-state index contributed by atoms with van der Waals surface area (Å²) in [5.74, 6) is 0.0454. The van der Waals surface area contributed by atoms with Crippen molar-refractivity contribution in [1.82, 2.24) is 9.78 Å². The van der Waals surface area contributed by atoms with Crippen LogP contribution < -0.4 is 0 Å². The lowest BCUT2D eigenvalue weighted by Gasteiger charge is -2.20. The lowest BCUT2D eigenvalue weighted by atomic mass is 9.99. The molecule has 0 aliphatic heterocycles. The zero-order valence-corrected chi connectivity index (χ0v) is 10.7. The van der Waals surface area contributed by atoms with Gasteiger partial charge in [0.1, 0.15) is 5.60 Å². The second-order valence-electron chi connectivity index (χ2n) is 4.70. The van der Waals surface area contributed by atoms with E-state index in [1.54, 1.807) is 21.0 Å². The van der Waals surface area contributed by atoms with Crippen molar-refractivity contribution in [2.24, 2.45) is 0 Å². The van der Waals surface area contributed by atoms with Crippen molar-refractivity contribution in [3.8, 4) is 0 Å². The smallest absolute Gasteiger partial charge is 0.170 e. The van der Waals surface area contributed by atoms with Gasteiger partial charge in [0.15, 0.2) is 5.78 Å². The SMILES string of the molecule is COC(C)(C)C(=O)Cc1ccn(C(C)C)n1. The Morgan fingerprint density at radius 2 is 2.19 bits per heavy atom. The predicted molar refractivity (Wildman–Crippen MR) is 62.4 cm³/mol. The molecule has 0 saturated heterocycles. The molecular formula is C12H20N2O2. The molecule has 0 radical (unpaired) electrons. The molecule has 0 unspecified atom stereocenters. The summed E-state index contributed by atoms with van der Waals surface area (Å²) in [6.07, 6.45) is 2.22. The molecule has 0 spiro atoms. The highest BCUT2D eigenvalue weighted by molar-refractivity contribution is 5.88. The molecule has 0 aliphatic carbocycles. The van der Waals surface area contributed by atoms with Gasteiger partial charge in [0, 0.05) is 19.3 Å². The first-order chi connectivity index (χ1) is 7.36. The fourth-order valence-electron chi connectivity index (χ4n) is 1.25. The van der Waals surface area contributed by atoms with Crippen molar-refractivity contribution in [2.75, 3.05) is 7.11 Å². The van der Waals surface area contributed by atoms with Crippen LogP contribution in [0.5, 0.6) is 0 Å². The summed E-state index contributed by atoms with van der Waals surface area (Å²) in [6.45, 7) is 7.65.